The first kappa shape index (κ1) is 10.4. The summed E-state index contributed by atoms with van der Waals surface area (Å²) in [5, 5.41) is 6.74. The Bertz CT molecular complexity index is 198. The zero-order valence-electron chi connectivity index (χ0n) is 6.50. The van der Waals surface area contributed by atoms with Crippen LogP contribution in [0.2, 0.25) is 0 Å². The number of aryl methyl sites for hydroxylation is 2. The van der Waals surface area contributed by atoms with Gasteiger partial charge in [0.2, 0.25) is 0 Å². The second-order valence-corrected chi connectivity index (χ2v) is 2.23. The molecule has 0 amide bonds. The second-order valence-electron chi connectivity index (χ2n) is 2.23. The predicted molar refractivity (Wildman–Crippen MR) is 45.7 cm³/mol. The van der Waals surface area contributed by atoms with E-state index in [-0.39, 0.29) is 12.4 Å². The molecule has 0 fully saturated rings. The lowest BCUT2D eigenvalue weighted by Crippen LogP contribution is -2.01. The summed E-state index contributed by atoms with van der Waals surface area (Å²) in [5.41, 5.74) is 5.32. The topological polar surface area (TPSA) is 67.6 Å². The smallest absolute Gasteiger partial charge is 0.150 e. The van der Waals surface area contributed by atoms with Gasteiger partial charge in [0.25, 0.3) is 0 Å². The molecule has 1 rings (SSSR count). The minimum Gasteiger partial charge on any atom is -0.330 e. The van der Waals surface area contributed by atoms with E-state index in [2.05, 4.69) is 15.2 Å². The summed E-state index contributed by atoms with van der Waals surface area (Å²) in [5.74, 6) is 1.73. The van der Waals surface area contributed by atoms with Crippen LogP contribution in [-0.4, -0.2) is 21.7 Å². The Kier molecular flexibility index (Phi) is 4.81. The van der Waals surface area contributed by atoms with Crippen molar-refractivity contribution in [1.29, 1.82) is 0 Å². The highest BCUT2D eigenvalue weighted by atomic mass is 35.5. The van der Waals surface area contributed by atoms with Crippen molar-refractivity contribution in [3.63, 3.8) is 0 Å². The molecule has 11 heavy (non-hydrogen) atoms. The molecule has 64 valence electrons. The van der Waals surface area contributed by atoms with Crippen LogP contribution in [0.25, 0.3) is 0 Å². The van der Waals surface area contributed by atoms with Crippen molar-refractivity contribution in [2.75, 3.05) is 6.54 Å². The highest BCUT2D eigenvalue weighted by Crippen LogP contribution is 1.93. The molecule has 0 aromatic carbocycles. The van der Waals surface area contributed by atoms with Gasteiger partial charge in [0.15, 0.2) is 5.82 Å². The van der Waals surface area contributed by atoms with Gasteiger partial charge >= 0.3 is 0 Å². The van der Waals surface area contributed by atoms with E-state index < -0.39 is 0 Å². The van der Waals surface area contributed by atoms with Gasteiger partial charge in [-0.3, -0.25) is 5.10 Å². The molecule has 0 radical (unpaired) electrons. The van der Waals surface area contributed by atoms with E-state index >= 15 is 0 Å². The molecule has 4 nitrogen and oxygen atoms in total. The number of H-pyrrole nitrogens is 1. The average Bonchev–Trinajstić information content (AvgIpc) is 2.31. The lowest BCUT2D eigenvalue weighted by molar-refractivity contribution is 0.785. The van der Waals surface area contributed by atoms with Crippen molar-refractivity contribution in [1.82, 2.24) is 15.2 Å². The monoisotopic (exact) mass is 176 g/mol. The third-order valence-corrected chi connectivity index (χ3v) is 1.25. The average molecular weight is 177 g/mol. The van der Waals surface area contributed by atoms with Crippen LogP contribution in [0.15, 0.2) is 0 Å². The Morgan fingerprint density at radius 3 is 2.73 bits per heavy atom. The fourth-order valence-electron chi connectivity index (χ4n) is 0.761. The van der Waals surface area contributed by atoms with Gasteiger partial charge in [0.1, 0.15) is 5.82 Å². The molecule has 0 bridgehead atoms. The first-order valence-electron chi connectivity index (χ1n) is 3.41. The van der Waals surface area contributed by atoms with Crippen molar-refractivity contribution in [2.24, 2.45) is 5.73 Å². The largest absolute Gasteiger partial charge is 0.330 e. The standard InChI is InChI=1S/C6H12N4.ClH/c1-5-8-6(10-9-5)3-2-4-7;/h2-4,7H2,1H3,(H,8,9,10);1H. The van der Waals surface area contributed by atoms with Crippen molar-refractivity contribution in [3.8, 4) is 0 Å². The Hall–Kier alpha value is -0.610. The molecular weight excluding hydrogens is 164 g/mol. The summed E-state index contributed by atoms with van der Waals surface area (Å²) in [6.45, 7) is 2.59. The lowest BCUT2D eigenvalue weighted by Gasteiger charge is -1.88. The summed E-state index contributed by atoms with van der Waals surface area (Å²) >= 11 is 0. The van der Waals surface area contributed by atoms with Gasteiger partial charge in [-0.15, -0.1) is 12.4 Å². The number of hydrogen-bond acceptors (Lipinski definition) is 3. The number of halogens is 1. The van der Waals surface area contributed by atoms with Crippen LogP contribution in [0.4, 0.5) is 0 Å². The fourth-order valence-corrected chi connectivity index (χ4v) is 0.761. The fraction of sp³-hybridized carbons (Fsp3) is 0.667. The molecule has 1 aromatic rings. The number of hydrogen-bond donors (Lipinski definition) is 2. The molecule has 1 heterocycles. The molecule has 0 saturated heterocycles. The highest BCUT2D eigenvalue weighted by molar-refractivity contribution is 5.85. The Balaban J connectivity index is 0.000001000. The van der Waals surface area contributed by atoms with E-state index in [4.69, 9.17) is 5.73 Å². The third-order valence-electron chi connectivity index (χ3n) is 1.25. The van der Waals surface area contributed by atoms with E-state index in [0.717, 1.165) is 24.5 Å². The molecular formula is C6H13ClN4. The Morgan fingerprint density at radius 1 is 1.55 bits per heavy atom. The van der Waals surface area contributed by atoms with Crippen LogP contribution in [0.1, 0.15) is 18.1 Å². The highest BCUT2D eigenvalue weighted by Gasteiger charge is 1.96. The van der Waals surface area contributed by atoms with Gasteiger partial charge in [-0.2, -0.15) is 5.10 Å². The van der Waals surface area contributed by atoms with Crippen LogP contribution in [0, 0.1) is 6.92 Å². The van der Waals surface area contributed by atoms with Crippen molar-refractivity contribution >= 4 is 12.4 Å². The second kappa shape index (κ2) is 5.09. The first-order valence-corrected chi connectivity index (χ1v) is 3.41. The number of aromatic nitrogens is 3. The summed E-state index contributed by atoms with van der Waals surface area (Å²) in [7, 11) is 0. The maximum atomic E-state index is 5.32. The predicted octanol–water partition coefficient (Wildman–Crippen LogP) is 0.426. The Morgan fingerprint density at radius 2 is 2.27 bits per heavy atom. The van der Waals surface area contributed by atoms with Crippen molar-refractivity contribution in [3.05, 3.63) is 11.6 Å². The van der Waals surface area contributed by atoms with Crippen LogP contribution in [-0.2, 0) is 6.42 Å². The minimum absolute atomic E-state index is 0. The molecule has 5 heteroatoms. The van der Waals surface area contributed by atoms with E-state index in [1.165, 1.54) is 0 Å². The molecule has 0 aliphatic rings. The van der Waals surface area contributed by atoms with Crippen LogP contribution >= 0.6 is 12.4 Å². The maximum Gasteiger partial charge on any atom is 0.150 e. The molecule has 0 unspecified atom stereocenters. The summed E-state index contributed by atoms with van der Waals surface area (Å²) in [6.07, 6.45) is 1.83. The minimum atomic E-state index is 0. The summed E-state index contributed by atoms with van der Waals surface area (Å²) in [4.78, 5) is 4.13. The van der Waals surface area contributed by atoms with E-state index in [1.54, 1.807) is 0 Å². The summed E-state index contributed by atoms with van der Waals surface area (Å²) in [6, 6.07) is 0. The number of nitrogens with two attached hydrogens (primary N) is 1. The molecule has 0 atom stereocenters. The van der Waals surface area contributed by atoms with Gasteiger partial charge in [-0.25, -0.2) is 4.98 Å². The quantitative estimate of drug-likeness (QED) is 0.702. The van der Waals surface area contributed by atoms with Gasteiger partial charge in [0.05, 0.1) is 0 Å². The van der Waals surface area contributed by atoms with Gasteiger partial charge in [-0.05, 0) is 19.9 Å². The zero-order valence-corrected chi connectivity index (χ0v) is 7.32. The maximum absolute atomic E-state index is 5.32. The van der Waals surface area contributed by atoms with Gasteiger partial charge in [-0.1, -0.05) is 0 Å². The molecule has 0 aliphatic carbocycles. The molecule has 0 aliphatic heterocycles. The third kappa shape index (κ3) is 3.34. The zero-order chi connectivity index (χ0) is 7.40. The van der Waals surface area contributed by atoms with Crippen LogP contribution in [0.3, 0.4) is 0 Å². The number of nitrogens with one attached hydrogen (secondary N) is 1. The van der Waals surface area contributed by atoms with Gasteiger partial charge < -0.3 is 5.73 Å². The first-order chi connectivity index (χ1) is 4.83. The van der Waals surface area contributed by atoms with Crippen molar-refractivity contribution in [2.45, 2.75) is 19.8 Å². The van der Waals surface area contributed by atoms with E-state index in [0.29, 0.717) is 6.54 Å². The number of rotatable bonds is 3. The SMILES string of the molecule is Cc1nc(CCCN)n[nH]1.Cl. The summed E-state index contributed by atoms with van der Waals surface area (Å²) < 4.78 is 0. The van der Waals surface area contributed by atoms with E-state index in [1.807, 2.05) is 6.92 Å². The van der Waals surface area contributed by atoms with Crippen LogP contribution < -0.4 is 5.73 Å². The Labute approximate surface area is 72.0 Å². The lowest BCUT2D eigenvalue weighted by atomic mass is 10.3. The van der Waals surface area contributed by atoms with Gasteiger partial charge in [0, 0.05) is 6.42 Å². The molecule has 0 saturated carbocycles. The molecule has 0 spiro atoms. The number of nitrogens with zero attached hydrogens (tertiary/aromatic N) is 2. The van der Waals surface area contributed by atoms with Crippen molar-refractivity contribution < 1.29 is 0 Å². The molecule has 3 N–H and O–H groups in total. The molecule has 1 aromatic heterocycles. The van der Waals surface area contributed by atoms with Crippen LogP contribution in [0.5, 0.6) is 0 Å². The normalized spacial score (nSPS) is 9.27. The van der Waals surface area contributed by atoms with E-state index in [9.17, 15) is 0 Å². The number of aromatic amines is 1.